The fourth-order valence-electron chi connectivity index (χ4n) is 3.46. The second-order valence-electron chi connectivity index (χ2n) is 7.65. The summed E-state index contributed by atoms with van der Waals surface area (Å²) < 4.78 is 5.88. The number of benzene rings is 2. The minimum Gasteiger partial charge on any atom is -0.494 e. The predicted molar refractivity (Wildman–Crippen MR) is 125 cm³/mol. The average molecular weight is 388 g/mol. The number of fused-ring (bicyclic) bond motifs is 1. The van der Waals surface area contributed by atoms with Crippen LogP contribution in [0.2, 0.25) is 0 Å². The third-order valence-electron chi connectivity index (χ3n) is 5.21. The molecule has 2 heteroatoms. The lowest BCUT2D eigenvalue weighted by Crippen LogP contribution is -1.97. The van der Waals surface area contributed by atoms with E-state index in [1.165, 1.54) is 50.3 Å². The van der Waals surface area contributed by atoms with Crippen LogP contribution in [0, 0.1) is 0 Å². The SMILES string of the molecule is CCCCCCCCCCOc1ccc(/C=C/c2ccc3ccccc3n2)cc1. The van der Waals surface area contributed by atoms with Crippen LogP contribution >= 0.6 is 0 Å². The van der Waals surface area contributed by atoms with Crippen molar-refractivity contribution in [3.63, 3.8) is 0 Å². The summed E-state index contributed by atoms with van der Waals surface area (Å²) in [5.74, 6) is 0.953. The average Bonchev–Trinajstić information content (AvgIpc) is 2.77. The predicted octanol–water partition coefficient (Wildman–Crippen LogP) is 7.92. The van der Waals surface area contributed by atoms with Crippen molar-refractivity contribution in [3.05, 3.63) is 71.9 Å². The van der Waals surface area contributed by atoms with Crippen LogP contribution < -0.4 is 4.74 Å². The largest absolute Gasteiger partial charge is 0.494 e. The molecule has 3 aromatic rings. The molecule has 0 spiro atoms. The highest BCUT2D eigenvalue weighted by Gasteiger charge is 1.97. The zero-order valence-electron chi connectivity index (χ0n) is 17.6. The van der Waals surface area contributed by atoms with Crippen LogP contribution in [0.4, 0.5) is 0 Å². The van der Waals surface area contributed by atoms with Crippen LogP contribution in [-0.4, -0.2) is 11.6 Å². The van der Waals surface area contributed by atoms with E-state index in [0.717, 1.165) is 35.6 Å². The summed E-state index contributed by atoms with van der Waals surface area (Å²) in [7, 11) is 0. The minimum absolute atomic E-state index is 0.811. The lowest BCUT2D eigenvalue weighted by molar-refractivity contribution is 0.304. The number of rotatable bonds is 12. The monoisotopic (exact) mass is 387 g/mol. The van der Waals surface area contributed by atoms with Gasteiger partial charge in [0, 0.05) is 5.39 Å². The van der Waals surface area contributed by atoms with Crippen LogP contribution in [0.25, 0.3) is 23.1 Å². The van der Waals surface area contributed by atoms with Crippen molar-refractivity contribution in [2.45, 2.75) is 58.3 Å². The number of ether oxygens (including phenoxy) is 1. The van der Waals surface area contributed by atoms with Gasteiger partial charge in [0.05, 0.1) is 17.8 Å². The van der Waals surface area contributed by atoms with Gasteiger partial charge < -0.3 is 4.74 Å². The molecule has 3 rings (SSSR count). The van der Waals surface area contributed by atoms with Gasteiger partial charge in [0.25, 0.3) is 0 Å². The molecule has 0 saturated carbocycles. The Morgan fingerprint density at radius 1 is 0.724 bits per heavy atom. The van der Waals surface area contributed by atoms with Crippen LogP contribution in [0.3, 0.4) is 0 Å². The third-order valence-corrected chi connectivity index (χ3v) is 5.21. The van der Waals surface area contributed by atoms with E-state index in [1.807, 2.05) is 18.2 Å². The Kier molecular flexibility index (Phi) is 8.78. The maximum Gasteiger partial charge on any atom is 0.119 e. The Morgan fingerprint density at radius 3 is 2.24 bits per heavy atom. The van der Waals surface area contributed by atoms with Gasteiger partial charge in [-0.15, -0.1) is 0 Å². The zero-order valence-corrected chi connectivity index (χ0v) is 17.6. The highest BCUT2D eigenvalue weighted by molar-refractivity contribution is 5.80. The number of unbranched alkanes of at least 4 members (excludes halogenated alkanes) is 7. The van der Waals surface area contributed by atoms with E-state index in [2.05, 4.69) is 66.5 Å². The van der Waals surface area contributed by atoms with Crippen LogP contribution in [0.15, 0.2) is 60.7 Å². The molecular weight excluding hydrogens is 354 g/mol. The molecule has 0 fully saturated rings. The molecule has 0 unspecified atom stereocenters. The topological polar surface area (TPSA) is 22.1 Å². The summed E-state index contributed by atoms with van der Waals surface area (Å²) in [6, 6.07) is 20.7. The van der Waals surface area contributed by atoms with Gasteiger partial charge in [0.1, 0.15) is 5.75 Å². The number of nitrogens with zero attached hydrogens (tertiary/aromatic N) is 1. The maximum absolute atomic E-state index is 5.88. The second-order valence-corrected chi connectivity index (χ2v) is 7.65. The molecule has 152 valence electrons. The van der Waals surface area contributed by atoms with Crippen LogP contribution in [0.1, 0.15) is 69.5 Å². The van der Waals surface area contributed by atoms with Gasteiger partial charge in [0.2, 0.25) is 0 Å². The molecule has 2 nitrogen and oxygen atoms in total. The Hall–Kier alpha value is -2.61. The van der Waals surface area contributed by atoms with E-state index < -0.39 is 0 Å². The van der Waals surface area contributed by atoms with Gasteiger partial charge in [-0.3, -0.25) is 0 Å². The summed E-state index contributed by atoms with van der Waals surface area (Å²) in [5.41, 5.74) is 3.15. The molecule has 0 aliphatic heterocycles. The van der Waals surface area contributed by atoms with Crippen molar-refractivity contribution in [2.75, 3.05) is 6.61 Å². The Morgan fingerprint density at radius 2 is 1.45 bits per heavy atom. The Labute approximate surface area is 175 Å². The molecule has 1 heterocycles. The first kappa shape index (κ1) is 21.1. The molecule has 0 N–H and O–H groups in total. The molecule has 29 heavy (non-hydrogen) atoms. The van der Waals surface area contributed by atoms with E-state index >= 15 is 0 Å². The number of hydrogen-bond acceptors (Lipinski definition) is 2. The molecule has 1 aromatic heterocycles. The first-order valence-electron chi connectivity index (χ1n) is 11.1. The van der Waals surface area contributed by atoms with E-state index in [-0.39, 0.29) is 0 Å². The van der Waals surface area contributed by atoms with Crippen LogP contribution in [-0.2, 0) is 0 Å². The smallest absolute Gasteiger partial charge is 0.119 e. The van der Waals surface area contributed by atoms with Gasteiger partial charge in [-0.25, -0.2) is 4.98 Å². The molecule has 0 saturated heterocycles. The molecule has 0 aliphatic rings. The van der Waals surface area contributed by atoms with Crippen molar-refractivity contribution in [1.82, 2.24) is 4.98 Å². The van der Waals surface area contributed by atoms with E-state index in [4.69, 9.17) is 4.74 Å². The minimum atomic E-state index is 0.811. The van der Waals surface area contributed by atoms with E-state index in [0.29, 0.717) is 0 Å². The van der Waals surface area contributed by atoms with Gasteiger partial charge in [-0.05, 0) is 42.3 Å². The number of para-hydroxylation sites is 1. The van der Waals surface area contributed by atoms with E-state index in [1.54, 1.807) is 0 Å². The fourth-order valence-corrected chi connectivity index (χ4v) is 3.46. The molecule has 0 amide bonds. The summed E-state index contributed by atoms with van der Waals surface area (Å²) in [5, 5.41) is 1.17. The highest BCUT2D eigenvalue weighted by Crippen LogP contribution is 2.17. The zero-order chi connectivity index (χ0) is 20.2. The maximum atomic E-state index is 5.88. The molecular formula is C27H33NO. The van der Waals surface area contributed by atoms with E-state index in [9.17, 15) is 0 Å². The lowest BCUT2D eigenvalue weighted by atomic mass is 10.1. The standard InChI is InChI=1S/C27H33NO/c1-2-3-4-5-6-7-8-11-22-29-26-20-15-23(16-21-26)14-18-25-19-17-24-12-9-10-13-27(24)28-25/h9-10,12-21H,2-8,11,22H2,1H3/b18-14+. The Bertz CT molecular complexity index is 882. The highest BCUT2D eigenvalue weighted by atomic mass is 16.5. The fraction of sp³-hybridized carbons (Fsp3) is 0.370. The number of aromatic nitrogens is 1. The van der Waals surface area contributed by atoms with Gasteiger partial charge in [0.15, 0.2) is 0 Å². The lowest BCUT2D eigenvalue weighted by Gasteiger charge is -2.06. The quantitative estimate of drug-likeness (QED) is 0.294. The first-order valence-corrected chi connectivity index (χ1v) is 11.1. The molecule has 2 aromatic carbocycles. The molecule has 0 bridgehead atoms. The van der Waals surface area contributed by atoms with Gasteiger partial charge >= 0.3 is 0 Å². The number of pyridine rings is 1. The third kappa shape index (κ3) is 7.38. The van der Waals surface area contributed by atoms with Gasteiger partial charge in [-0.1, -0.05) is 94.3 Å². The van der Waals surface area contributed by atoms with Gasteiger partial charge in [-0.2, -0.15) is 0 Å². The summed E-state index contributed by atoms with van der Waals surface area (Å²) >= 11 is 0. The molecule has 0 aliphatic carbocycles. The second kappa shape index (κ2) is 12.1. The van der Waals surface area contributed by atoms with Crippen molar-refractivity contribution in [3.8, 4) is 5.75 Å². The van der Waals surface area contributed by atoms with Crippen molar-refractivity contribution in [1.29, 1.82) is 0 Å². The van der Waals surface area contributed by atoms with Crippen molar-refractivity contribution < 1.29 is 4.74 Å². The van der Waals surface area contributed by atoms with Crippen molar-refractivity contribution >= 4 is 23.1 Å². The first-order chi connectivity index (χ1) is 14.3. The summed E-state index contributed by atoms with van der Waals surface area (Å²) in [6.45, 7) is 3.08. The van der Waals surface area contributed by atoms with Crippen LogP contribution in [0.5, 0.6) is 5.75 Å². The molecule has 0 atom stereocenters. The van der Waals surface area contributed by atoms with Crippen molar-refractivity contribution in [2.24, 2.45) is 0 Å². The number of hydrogen-bond donors (Lipinski definition) is 0. The molecule has 0 radical (unpaired) electrons. The summed E-state index contributed by atoms with van der Waals surface area (Å²) in [4.78, 5) is 4.68. The normalized spacial score (nSPS) is 11.3. The Balaban J connectivity index is 1.38. The summed E-state index contributed by atoms with van der Waals surface area (Å²) in [6.07, 6.45) is 14.8.